The fraction of sp³-hybridized carbons (Fsp3) is 0.111. The zero-order valence-corrected chi connectivity index (χ0v) is 21.0. The van der Waals surface area contributed by atoms with Crippen LogP contribution in [0.4, 0.5) is 5.69 Å². The van der Waals surface area contributed by atoms with Crippen LogP contribution in [0.25, 0.3) is 16.9 Å². The Morgan fingerprint density at radius 3 is 2.66 bits per heavy atom. The third kappa shape index (κ3) is 5.62. The molecule has 1 aliphatic heterocycles. The Kier molecular flexibility index (Phi) is 7.27. The number of carbonyl (C=O) groups excluding carboxylic acids is 1. The van der Waals surface area contributed by atoms with Crippen molar-refractivity contribution in [2.45, 2.75) is 11.7 Å². The number of para-hydroxylation sites is 1. The number of nitro benzene ring substituents is 1. The molecular formula is C27H22N6O4S. The van der Waals surface area contributed by atoms with Gasteiger partial charge < -0.3 is 10.1 Å². The number of nitro groups is 1. The highest BCUT2D eigenvalue weighted by atomic mass is 32.2. The molecule has 1 unspecified atom stereocenters. The number of hydrogen-bond donors (Lipinski definition) is 1. The summed E-state index contributed by atoms with van der Waals surface area (Å²) in [5.74, 6) is 0.526. The highest BCUT2D eigenvalue weighted by Crippen LogP contribution is 2.26. The van der Waals surface area contributed by atoms with Crippen LogP contribution in [0.5, 0.6) is 5.75 Å². The van der Waals surface area contributed by atoms with Crippen LogP contribution in [0.15, 0.2) is 95.3 Å². The molecule has 0 saturated carbocycles. The van der Waals surface area contributed by atoms with Crippen molar-refractivity contribution < 1.29 is 14.5 Å². The Balaban J connectivity index is 1.36. The van der Waals surface area contributed by atoms with Crippen molar-refractivity contribution in [3.8, 4) is 22.7 Å². The molecule has 1 saturated heterocycles. The second-order valence-corrected chi connectivity index (χ2v) is 9.51. The quantitative estimate of drug-likeness (QED) is 0.203. The lowest BCUT2D eigenvalue weighted by Crippen LogP contribution is -2.25. The SMILES string of the molecule is COc1ccc(-c2nn(-c3ccccc3)cc2/C=N/N=C2\NC(=O)C(Cc3cccc([N+](=O)[O-])c3)S2)cc1. The molecule has 2 heterocycles. The summed E-state index contributed by atoms with van der Waals surface area (Å²) in [6, 6.07) is 23.6. The minimum Gasteiger partial charge on any atom is -0.497 e. The van der Waals surface area contributed by atoms with Crippen molar-refractivity contribution in [3.63, 3.8) is 0 Å². The minimum atomic E-state index is -0.457. The molecule has 4 aromatic rings. The molecule has 190 valence electrons. The fourth-order valence-corrected chi connectivity index (χ4v) is 4.87. The first-order valence-corrected chi connectivity index (χ1v) is 12.5. The minimum absolute atomic E-state index is 0.00638. The van der Waals surface area contributed by atoms with E-state index in [1.54, 1.807) is 30.1 Å². The molecule has 0 spiro atoms. The van der Waals surface area contributed by atoms with Crippen molar-refractivity contribution in [1.29, 1.82) is 0 Å². The topological polar surface area (TPSA) is 124 Å². The van der Waals surface area contributed by atoms with E-state index in [0.29, 0.717) is 22.8 Å². The lowest BCUT2D eigenvalue weighted by molar-refractivity contribution is -0.384. The van der Waals surface area contributed by atoms with Crippen LogP contribution in [-0.4, -0.2) is 44.4 Å². The van der Waals surface area contributed by atoms with E-state index in [1.165, 1.54) is 23.9 Å². The maximum absolute atomic E-state index is 12.5. The van der Waals surface area contributed by atoms with E-state index < -0.39 is 10.2 Å². The summed E-state index contributed by atoms with van der Waals surface area (Å²) >= 11 is 1.24. The molecule has 1 aromatic heterocycles. The van der Waals surface area contributed by atoms with Crippen LogP contribution in [0.2, 0.25) is 0 Å². The molecule has 11 heteroatoms. The van der Waals surface area contributed by atoms with Crippen molar-refractivity contribution in [1.82, 2.24) is 15.1 Å². The number of amides is 1. The van der Waals surface area contributed by atoms with E-state index in [2.05, 4.69) is 15.5 Å². The summed E-state index contributed by atoms with van der Waals surface area (Å²) in [6.07, 6.45) is 3.80. The van der Waals surface area contributed by atoms with Gasteiger partial charge in [0.2, 0.25) is 5.91 Å². The maximum Gasteiger partial charge on any atom is 0.269 e. The van der Waals surface area contributed by atoms with Crippen molar-refractivity contribution in [2.75, 3.05) is 7.11 Å². The average molecular weight is 527 g/mol. The number of amidine groups is 1. The van der Waals surface area contributed by atoms with Crippen molar-refractivity contribution >= 4 is 34.7 Å². The lowest BCUT2D eigenvalue weighted by atomic mass is 10.1. The van der Waals surface area contributed by atoms with Crippen LogP contribution in [0, 0.1) is 10.1 Å². The number of benzene rings is 3. The normalized spacial score (nSPS) is 16.2. The van der Waals surface area contributed by atoms with Crippen LogP contribution >= 0.6 is 11.8 Å². The van der Waals surface area contributed by atoms with Gasteiger partial charge in [-0.3, -0.25) is 14.9 Å². The standard InChI is InChI=1S/C27H22N6O4S/c1-37-23-12-10-19(11-13-23)25-20(17-32(31-25)21-7-3-2-4-8-21)16-28-30-27-29-26(34)24(38-27)15-18-6-5-9-22(14-18)33(35)36/h2-14,16-17,24H,15H2,1H3,(H,29,30,34)/b28-16+. The monoisotopic (exact) mass is 526 g/mol. The summed E-state index contributed by atoms with van der Waals surface area (Å²) in [7, 11) is 1.62. The number of nitrogens with one attached hydrogen (secondary N) is 1. The Morgan fingerprint density at radius 1 is 1.13 bits per heavy atom. The van der Waals surface area contributed by atoms with E-state index in [-0.39, 0.29) is 11.6 Å². The molecule has 5 rings (SSSR count). The number of nitrogens with zero attached hydrogens (tertiary/aromatic N) is 5. The first kappa shape index (κ1) is 24.9. The van der Waals surface area contributed by atoms with Gasteiger partial charge in [0.15, 0.2) is 5.17 Å². The number of hydrogen-bond acceptors (Lipinski definition) is 8. The zero-order valence-electron chi connectivity index (χ0n) is 20.2. The number of ether oxygens (including phenoxy) is 1. The van der Waals surface area contributed by atoms with E-state index in [4.69, 9.17) is 9.84 Å². The number of methoxy groups -OCH3 is 1. The first-order chi connectivity index (χ1) is 18.5. The van der Waals surface area contributed by atoms with E-state index in [0.717, 1.165) is 22.6 Å². The largest absolute Gasteiger partial charge is 0.497 e. The van der Waals surface area contributed by atoms with Crippen molar-refractivity contribution in [3.05, 3.63) is 106 Å². The van der Waals surface area contributed by atoms with E-state index in [1.807, 2.05) is 60.8 Å². The number of aromatic nitrogens is 2. The number of non-ortho nitro benzene ring substituents is 1. The molecule has 1 N–H and O–H groups in total. The Labute approximate surface area is 222 Å². The Hall–Kier alpha value is -4.77. The van der Waals surface area contributed by atoms with E-state index >= 15 is 0 Å². The first-order valence-electron chi connectivity index (χ1n) is 11.6. The Morgan fingerprint density at radius 2 is 1.92 bits per heavy atom. The highest BCUT2D eigenvalue weighted by Gasteiger charge is 2.30. The molecule has 0 aliphatic carbocycles. The van der Waals surface area contributed by atoms with Gasteiger partial charge >= 0.3 is 0 Å². The van der Waals surface area contributed by atoms with Gasteiger partial charge in [0.1, 0.15) is 11.4 Å². The predicted octanol–water partition coefficient (Wildman–Crippen LogP) is 4.62. The molecule has 0 radical (unpaired) electrons. The molecule has 3 aromatic carbocycles. The summed E-state index contributed by atoms with van der Waals surface area (Å²) < 4.78 is 7.04. The molecule has 1 aliphatic rings. The van der Waals surface area contributed by atoms with Gasteiger partial charge in [-0.15, -0.1) is 5.10 Å². The fourth-order valence-electron chi connectivity index (χ4n) is 3.91. The Bertz CT molecular complexity index is 1530. The predicted molar refractivity (Wildman–Crippen MR) is 147 cm³/mol. The van der Waals surface area contributed by atoms with Gasteiger partial charge in [-0.2, -0.15) is 10.2 Å². The molecule has 10 nitrogen and oxygen atoms in total. The molecule has 38 heavy (non-hydrogen) atoms. The van der Waals surface area contributed by atoms with Gasteiger partial charge in [-0.1, -0.05) is 42.1 Å². The van der Waals surface area contributed by atoms with Gasteiger partial charge in [0.25, 0.3) is 5.69 Å². The third-order valence-electron chi connectivity index (χ3n) is 5.79. The summed E-state index contributed by atoms with van der Waals surface area (Å²) in [5.41, 5.74) is 3.94. The zero-order chi connectivity index (χ0) is 26.5. The second kappa shape index (κ2) is 11.1. The van der Waals surface area contributed by atoms with Crippen LogP contribution < -0.4 is 10.1 Å². The average Bonchev–Trinajstić information content (AvgIpc) is 3.52. The molecular weight excluding hydrogens is 504 g/mol. The summed E-state index contributed by atoms with van der Waals surface area (Å²) in [6.45, 7) is 0. The van der Waals surface area contributed by atoms with Crippen molar-refractivity contribution in [2.24, 2.45) is 10.2 Å². The smallest absolute Gasteiger partial charge is 0.269 e. The van der Waals surface area contributed by atoms with Gasteiger partial charge in [-0.05, 0) is 48.4 Å². The highest BCUT2D eigenvalue weighted by molar-refractivity contribution is 8.15. The third-order valence-corrected chi connectivity index (χ3v) is 6.86. The molecule has 1 fully saturated rings. The van der Waals surface area contributed by atoms with Gasteiger partial charge in [0.05, 0.1) is 29.2 Å². The van der Waals surface area contributed by atoms with Gasteiger partial charge in [-0.25, -0.2) is 4.68 Å². The molecule has 1 amide bonds. The lowest BCUT2D eigenvalue weighted by Gasteiger charge is -2.04. The molecule has 1 atom stereocenters. The summed E-state index contributed by atoms with van der Waals surface area (Å²) in [5, 5.41) is 26.9. The number of rotatable bonds is 8. The van der Waals surface area contributed by atoms with E-state index in [9.17, 15) is 14.9 Å². The molecule has 0 bridgehead atoms. The number of carbonyl (C=O) groups is 1. The van der Waals surface area contributed by atoms with Crippen LogP contribution in [0.1, 0.15) is 11.1 Å². The van der Waals surface area contributed by atoms with Gasteiger partial charge in [0, 0.05) is 29.5 Å². The summed E-state index contributed by atoms with van der Waals surface area (Å²) in [4.78, 5) is 23.1. The van der Waals surface area contributed by atoms with Crippen LogP contribution in [0.3, 0.4) is 0 Å². The maximum atomic E-state index is 12.5. The number of thioether (sulfide) groups is 1. The second-order valence-electron chi connectivity index (χ2n) is 8.32. The van der Waals surface area contributed by atoms with Crippen LogP contribution in [-0.2, 0) is 11.2 Å².